The van der Waals surface area contributed by atoms with Crippen LogP contribution in [-0.4, -0.2) is 35.9 Å². The minimum atomic E-state index is -0.309. The molecule has 1 aromatic carbocycles. The van der Waals surface area contributed by atoms with E-state index >= 15 is 0 Å². The van der Waals surface area contributed by atoms with Crippen LogP contribution in [-0.2, 0) is 5.41 Å². The second-order valence-electron chi connectivity index (χ2n) is 9.02. The topological polar surface area (TPSA) is 128 Å². The standard InChI is InChI=1S/C22H27N9O/c1-12(2)19-28-29-20-16(17(22(4,5)6)30-31(19)20)25-27-18-15(13(3)24-26-18)21(32)23-14-10-8-7-9-11-14/h7-12,30H,1-6H3,(H,23,32)(H,24,26). The van der Waals surface area contributed by atoms with Gasteiger partial charge < -0.3 is 5.32 Å². The Morgan fingerprint density at radius 2 is 1.84 bits per heavy atom. The number of benzene rings is 1. The van der Waals surface area contributed by atoms with Crippen molar-refractivity contribution >= 4 is 28.7 Å². The number of H-pyrrole nitrogens is 2. The molecule has 0 saturated carbocycles. The third kappa shape index (κ3) is 3.91. The van der Waals surface area contributed by atoms with E-state index in [2.05, 4.69) is 75.7 Å². The van der Waals surface area contributed by atoms with E-state index in [4.69, 9.17) is 0 Å². The average Bonchev–Trinajstić information content (AvgIpc) is 3.40. The monoisotopic (exact) mass is 433 g/mol. The van der Waals surface area contributed by atoms with Crippen LogP contribution in [0.4, 0.5) is 17.2 Å². The van der Waals surface area contributed by atoms with Gasteiger partial charge in [0.15, 0.2) is 11.5 Å². The maximum Gasteiger partial charge on any atom is 0.261 e. The molecular weight excluding hydrogens is 406 g/mol. The molecule has 1 amide bonds. The number of amides is 1. The Balaban J connectivity index is 1.74. The lowest BCUT2D eigenvalue weighted by molar-refractivity contribution is 0.102. The molecule has 0 spiro atoms. The van der Waals surface area contributed by atoms with E-state index in [-0.39, 0.29) is 23.1 Å². The molecule has 10 heteroatoms. The minimum Gasteiger partial charge on any atom is -0.322 e. The summed E-state index contributed by atoms with van der Waals surface area (Å²) in [4.78, 5) is 12.9. The van der Waals surface area contributed by atoms with Gasteiger partial charge in [0.05, 0.1) is 5.69 Å². The highest BCUT2D eigenvalue weighted by Gasteiger charge is 2.27. The smallest absolute Gasteiger partial charge is 0.261 e. The Kier molecular flexibility index (Phi) is 5.37. The highest BCUT2D eigenvalue weighted by atomic mass is 16.1. The third-order valence-corrected chi connectivity index (χ3v) is 5.06. The number of nitrogens with one attached hydrogen (secondary N) is 3. The fourth-order valence-electron chi connectivity index (χ4n) is 3.40. The average molecular weight is 434 g/mol. The molecule has 0 fully saturated rings. The van der Waals surface area contributed by atoms with E-state index in [0.717, 1.165) is 11.5 Å². The van der Waals surface area contributed by atoms with Crippen LogP contribution in [0, 0.1) is 6.92 Å². The summed E-state index contributed by atoms with van der Waals surface area (Å²) in [5, 5.41) is 30.7. The highest BCUT2D eigenvalue weighted by molar-refractivity contribution is 6.07. The van der Waals surface area contributed by atoms with Gasteiger partial charge in [-0.1, -0.05) is 52.8 Å². The number of carbonyl (C=O) groups is 1. The molecule has 0 bridgehead atoms. The first kappa shape index (κ1) is 21.4. The summed E-state index contributed by atoms with van der Waals surface area (Å²) in [6.07, 6.45) is 0. The van der Waals surface area contributed by atoms with Crippen molar-refractivity contribution in [3.8, 4) is 0 Å². The van der Waals surface area contributed by atoms with Gasteiger partial charge in [-0.3, -0.25) is 15.0 Å². The second-order valence-corrected chi connectivity index (χ2v) is 9.02. The van der Waals surface area contributed by atoms with Crippen LogP contribution < -0.4 is 5.32 Å². The number of aryl methyl sites for hydroxylation is 1. The van der Waals surface area contributed by atoms with Gasteiger partial charge in [-0.2, -0.15) is 5.10 Å². The number of carbonyl (C=O) groups excluding carboxylic acids is 1. The van der Waals surface area contributed by atoms with Gasteiger partial charge in [0.1, 0.15) is 5.56 Å². The summed E-state index contributed by atoms with van der Waals surface area (Å²) in [5.74, 6) is 0.893. The van der Waals surface area contributed by atoms with Crippen LogP contribution >= 0.6 is 0 Å². The van der Waals surface area contributed by atoms with Crippen molar-refractivity contribution in [2.24, 2.45) is 10.2 Å². The summed E-state index contributed by atoms with van der Waals surface area (Å²) in [6.45, 7) is 12.1. The van der Waals surface area contributed by atoms with Crippen LogP contribution in [0.15, 0.2) is 40.6 Å². The number of aromatic nitrogens is 6. The minimum absolute atomic E-state index is 0.184. The molecule has 0 radical (unpaired) electrons. The number of fused-ring (bicyclic) bond motifs is 1. The summed E-state index contributed by atoms with van der Waals surface area (Å²) in [7, 11) is 0. The predicted octanol–water partition coefficient (Wildman–Crippen LogP) is 5.18. The molecule has 32 heavy (non-hydrogen) atoms. The number of hydrogen-bond acceptors (Lipinski definition) is 6. The molecule has 3 aromatic heterocycles. The van der Waals surface area contributed by atoms with E-state index in [9.17, 15) is 4.79 Å². The van der Waals surface area contributed by atoms with Crippen molar-refractivity contribution in [2.45, 2.75) is 52.9 Å². The molecule has 3 heterocycles. The lowest BCUT2D eigenvalue weighted by atomic mass is 9.91. The van der Waals surface area contributed by atoms with Crippen LogP contribution in [0.3, 0.4) is 0 Å². The van der Waals surface area contributed by atoms with Crippen LogP contribution in [0.5, 0.6) is 0 Å². The number of hydrogen-bond donors (Lipinski definition) is 3. The normalized spacial score (nSPS) is 12.3. The Labute approximate surface area is 185 Å². The summed E-state index contributed by atoms with van der Waals surface area (Å²) in [6, 6.07) is 9.23. The first-order chi connectivity index (χ1) is 15.2. The van der Waals surface area contributed by atoms with Gasteiger partial charge in [-0.15, -0.1) is 20.4 Å². The Morgan fingerprint density at radius 1 is 1.12 bits per heavy atom. The van der Waals surface area contributed by atoms with Gasteiger partial charge in [0.25, 0.3) is 5.91 Å². The number of rotatable bonds is 5. The molecule has 0 aliphatic rings. The Bertz CT molecular complexity index is 1290. The van der Waals surface area contributed by atoms with Crippen molar-refractivity contribution in [3.63, 3.8) is 0 Å². The van der Waals surface area contributed by atoms with Crippen LogP contribution in [0.2, 0.25) is 0 Å². The van der Waals surface area contributed by atoms with E-state index < -0.39 is 0 Å². The molecule has 10 nitrogen and oxygen atoms in total. The highest BCUT2D eigenvalue weighted by Crippen LogP contribution is 2.36. The van der Waals surface area contributed by atoms with Crippen molar-refractivity contribution in [3.05, 3.63) is 53.1 Å². The number of anilines is 1. The van der Waals surface area contributed by atoms with Crippen LogP contribution in [0.25, 0.3) is 5.65 Å². The summed E-state index contributed by atoms with van der Waals surface area (Å²) >= 11 is 0. The maximum absolute atomic E-state index is 12.9. The fraction of sp³-hybridized carbons (Fsp3) is 0.364. The van der Waals surface area contributed by atoms with Gasteiger partial charge in [0, 0.05) is 22.7 Å². The van der Waals surface area contributed by atoms with Crippen molar-refractivity contribution in [1.82, 2.24) is 30.0 Å². The zero-order chi connectivity index (χ0) is 23.0. The molecule has 0 atom stereocenters. The molecule has 0 aliphatic heterocycles. The number of para-hydroxylation sites is 1. The molecule has 3 N–H and O–H groups in total. The Hall–Kier alpha value is -3.82. The van der Waals surface area contributed by atoms with E-state index in [0.29, 0.717) is 28.3 Å². The number of aromatic amines is 2. The molecule has 0 unspecified atom stereocenters. The van der Waals surface area contributed by atoms with Crippen molar-refractivity contribution in [1.29, 1.82) is 0 Å². The van der Waals surface area contributed by atoms with Crippen molar-refractivity contribution < 1.29 is 4.79 Å². The Morgan fingerprint density at radius 3 is 2.50 bits per heavy atom. The summed E-state index contributed by atoms with van der Waals surface area (Å²) < 4.78 is 1.85. The predicted molar refractivity (Wildman–Crippen MR) is 122 cm³/mol. The lowest BCUT2D eigenvalue weighted by Gasteiger charge is -2.16. The zero-order valence-corrected chi connectivity index (χ0v) is 19.1. The number of nitrogens with zero attached hydrogens (tertiary/aromatic N) is 6. The van der Waals surface area contributed by atoms with E-state index in [1.54, 1.807) is 6.92 Å². The first-order valence-corrected chi connectivity index (χ1v) is 10.5. The van der Waals surface area contributed by atoms with Gasteiger partial charge in [0.2, 0.25) is 11.5 Å². The lowest BCUT2D eigenvalue weighted by Crippen LogP contribution is -2.13. The van der Waals surface area contributed by atoms with E-state index in [1.165, 1.54) is 0 Å². The maximum atomic E-state index is 12.9. The van der Waals surface area contributed by atoms with Gasteiger partial charge in [-0.25, -0.2) is 4.52 Å². The van der Waals surface area contributed by atoms with Gasteiger partial charge >= 0.3 is 0 Å². The molecular formula is C22H27N9O. The molecule has 166 valence electrons. The first-order valence-electron chi connectivity index (χ1n) is 10.5. The van der Waals surface area contributed by atoms with Crippen molar-refractivity contribution in [2.75, 3.05) is 5.32 Å². The zero-order valence-electron chi connectivity index (χ0n) is 19.1. The largest absolute Gasteiger partial charge is 0.322 e. The molecule has 0 saturated heterocycles. The molecule has 0 aliphatic carbocycles. The molecule has 4 aromatic rings. The summed E-state index contributed by atoms with van der Waals surface area (Å²) in [5.41, 5.74) is 3.43. The van der Waals surface area contributed by atoms with Gasteiger partial charge in [-0.05, 0) is 19.1 Å². The van der Waals surface area contributed by atoms with E-state index in [1.807, 2.05) is 34.8 Å². The SMILES string of the molecule is Cc1[nH]nc(N=Nc2c(C(C)(C)C)[nH]n3c(C(C)C)nnc23)c1C(=O)Nc1ccccc1. The third-order valence-electron chi connectivity index (χ3n) is 5.06. The number of azo groups is 1. The quantitative estimate of drug-likeness (QED) is 0.375. The molecule has 4 rings (SSSR count). The second kappa shape index (κ2) is 8.03. The fourth-order valence-corrected chi connectivity index (χ4v) is 3.40. The van der Waals surface area contributed by atoms with Crippen LogP contribution in [0.1, 0.15) is 68.1 Å².